The van der Waals surface area contributed by atoms with Gasteiger partial charge < -0.3 is 5.32 Å². The Morgan fingerprint density at radius 1 is 1.17 bits per heavy atom. The predicted octanol–water partition coefficient (Wildman–Crippen LogP) is 4.23. The summed E-state index contributed by atoms with van der Waals surface area (Å²) in [5.41, 5.74) is 8.19. The molecule has 3 aromatic rings. The number of imidazole rings is 1. The van der Waals surface area contributed by atoms with Crippen LogP contribution in [0, 0.1) is 26.7 Å². The van der Waals surface area contributed by atoms with Crippen molar-refractivity contribution in [1.82, 2.24) is 19.9 Å². The summed E-state index contributed by atoms with van der Waals surface area (Å²) in [7, 11) is 0. The second-order valence-corrected chi connectivity index (χ2v) is 7.99. The Bertz CT molecular complexity index is 1080. The average Bonchev–Trinajstić information content (AvgIpc) is 3.10. The van der Waals surface area contributed by atoms with Crippen molar-refractivity contribution in [3.63, 3.8) is 0 Å². The third-order valence-electron chi connectivity index (χ3n) is 5.71. The van der Waals surface area contributed by atoms with E-state index in [9.17, 15) is 4.79 Å². The van der Waals surface area contributed by atoms with Crippen LogP contribution in [-0.2, 0) is 0 Å². The Kier molecular flexibility index (Phi) is 5.28. The molecular formula is C23H27N5O. The zero-order valence-electron chi connectivity index (χ0n) is 17.5. The van der Waals surface area contributed by atoms with Gasteiger partial charge in [0.25, 0.3) is 0 Å². The van der Waals surface area contributed by atoms with Crippen LogP contribution in [0.5, 0.6) is 0 Å². The quantitative estimate of drug-likeness (QED) is 0.535. The lowest BCUT2D eigenvalue weighted by Gasteiger charge is -2.23. The summed E-state index contributed by atoms with van der Waals surface area (Å²) in [5.74, 6) is 0.554. The smallest absolute Gasteiger partial charge is 0.164 e. The van der Waals surface area contributed by atoms with Gasteiger partial charge in [-0.25, -0.2) is 9.50 Å². The molecule has 6 nitrogen and oxygen atoms in total. The standard InChI is InChI=1S/C23H27N5O/c1-14-9-19(21-11-20(13-29)23-25-16(3)12-28(23)27-21)10-15(2)22(14)26-17(4)18-5-7-24-8-6-18/h9-13,18,24H,5-8H2,1-4H3. The van der Waals surface area contributed by atoms with Crippen molar-refractivity contribution >= 4 is 23.3 Å². The molecule has 29 heavy (non-hydrogen) atoms. The normalized spacial score (nSPS) is 15.8. The van der Waals surface area contributed by atoms with Crippen molar-refractivity contribution in [2.45, 2.75) is 40.5 Å². The number of nitrogens with one attached hydrogen (secondary N) is 1. The van der Waals surface area contributed by atoms with Crippen LogP contribution in [0.15, 0.2) is 29.4 Å². The number of benzene rings is 1. The van der Waals surface area contributed by atoms with Crippen LogP contribution >= 0.6 is 0 Å². The molecule has 1 aromatic carbocycles. The number of aryl methyl sites for hydroxylation is 3. The van der Waals surface area contributed by atoms with E-state index in [1.807, 2.05) is 19.2 Å². The maximum Gasteiger partial charge on any atom is 0.164 e. The van der Waals surface area contributed by atoms with Gasteiger partial charge in [-0.05, 0) is 88.9 Å². The molecule has 6 heteroatoms. The van der Waals surface area contributed by atoms with Gasteiger partial charge in [0.05, 0.1) is 28.8 Å². The van der Waals surface area contributed by atoms with Crippen LogP contribution in [0.4, 0.5) is 5.69 Å². The minimum Gasteiger partial charge on any atom is -0.317 e. The lowest BCUT2D eigenvalue weighted by molar-refractivity contribution is 0.112. The van der Waals surface area contributed by atoms with E-state index in [-0.39, 0.29) is 0 Å². The lowest BCUT2D eigenvalue weighted by Crippen LogP contribution is -2.30. The number of rotatable bonds is 4. The van der Waals surface area contributed by atoms with Crippen LogP contribution in [0.1, 0.15) is 46.9 Å². The third kappa shape index (κ3) is 3.85. The molecule has 1 aliphatic heterocycles. The number of piperidine rings is 1. The van der Waals surface area contributed by atoms with E-state index in [1.165, 1.54) is 5.71 Å². The molecule has 0 unspecified atom stereocenters. The zero-order chi connectivity index (χ0) is 20.5. The summed E-state index contributed by atoms with van der Waals surface area (Å²) in [6.45, 7) is 10.4. The summed E-state index contributed by atoms with van der Waals surface area (Å²) in [5, 5.41) is 8.09. The molecule has 1 N–H and O–H groups in total. The molecule has 0 atom stereocenters. The SMILES string of the molecule is CC(=Nc1c(C)cc(-c2cc(C=O)c3nc(C)cn3n2)cc1C)C1CCNCC1. The minimum absolute atomic E-state index is 0.544. The van der Waals surface area contributed by atoms with Crippen molar-refractivity contribution in [2.24, 2.45) is 10.9 Å². The number of carbonyl (C=O) groups excluding carboxylic acids is 1. The molecule has 0 saturated carbocycles. The van der Waals surface area contributed by atoms with Crippen LogP contribution in [0.2, 0.25) is 0 Å². The topological polar surface area (TPSA) is 71.7 Å². The Hall–Kier alpha value is -2.86. The Morgan fingerprint density at radius 3 is 2.52 bits per heavy atom. The van der Waals surface area contributed by atoms with Gasteiger partial charge in [0.2, 0.25) is 0 Å². The molecule has 1 saturated heterocycles. The number of aldehydes is 1. The summed E-state index contributed by atoms with van der Waals surface area (Å²) in [4.78, 5) is 21.0. The van der Waals surface area contributed by atoms with E-state index in [4.69, 9.17) is 4.99 Å². The molecule has 3 heterocycles. The first-order valence-corrected chi connectivity index (χ1v) is 10.2. The number of nitrogens with zero attached hydrogens (tertiary/aromatic N) is 4. The van der Waals surface area contributed by atoms with Gasteiger partial charge in [-0.3, -0.25) is 9.79 Å². The lowest BCUT2D eigenvalue weighted by atomic mass is 9.93. The van der Waals surface area contributed by atoms with Gasteiger partial charge in [0.1, 0.15) is 0 Å². The highest BCUT2D eigenvalue weighted by Crippen LogP contribution is 2.31. The van der Waals surface area contributed by atoms with E-state index in [0.29, 0.717) is 17.1 Å². The molecule has 0 spiro atoms. The van der Waals surface area contributed by atoms with Crippen LogP contribution in [-0.4, -0.2) is 39.7 Å². The van der Waals surface area contributed by atoms with Crippen molar-refractivity contribution in [3.05, 3.63) is 46.8 Å². The molecule has 0 amide bonds. The molecule has 0 aliphatic carbocycles. The molecular weight excluding hydrogens is 362 g/mol. The highest BCUT2D eigenvalue weighted by Gasteiger charge is 2.17. The van der Waals surface area contributed by atoms with Gasteiger partial charge in [0.15, 0.2) is 11.9 Å². The van der Waals surface area contributed by atoms with E-state index < -0.39 is 0 Å². The van der Waals surface area contributed by atoms with E-state index in [1.54, 1.807) is 4.52 Å². The first-order chi connectivity index (χ1) is 14.0. The third-order valence-corrected chi connectivity index (χ3v) is 5.71. The molecule has 1 aliphatic rings. The summed E-state index contributed by atoms with van der Waals surface area (Å²) >= 11 is 0. The minimum atomic E-state index is 0.544. The Morgan fingerprint density at radius 2 is 1.86 bits per heavy atom. The largest absolute Gasteiger partial charge is 0.317 e. The molecule has 4 rings (SSSR count). The summed E-state index contributed by atoms with van der Waals surface area (Å²) in [6, 6.07) is 6.02. The number of hydrogen-bond donors (Lipinski definition) is 1. The number of aromatic nitrogens is 3. The van der Waals surface area contributed by atoms with Crippen molar-refractivity contribution in [3.8, 4) is 11.3 Å². The molecule has 1 fully saturated rings. The predicted molar refractivity (Wildman–Crippen MR) is 116 cm³/mol. The molecule has 0 radical (unpaired) electrons. The van der Waals surface area contributed by atoms with E-state index in [0.717, 1.165) is 66.0 Å². The van der Waals surface area contributed by atoms with Crippen LogP contribution < -0.4 is 5.32 Å². The van der Waals surface area contributed by atoms with Gasteiger partial charge >= 0.3 is 0 Å². The van der Waals surface area contributed by atoms with Crippen molar-refractivity contribution in [2.75, 3.05) is 13.1 Å². The van der Waals surface area contributed by atoms with E-state index in [2.05, 4.69) is 48.3 Å². The van der Waals surface area contributed by atoms with Crippen molar-refractivity contribution in [1.29, 1.82) is 0 Å². The number of hydrogen-bond acceptors (Lipinski definition) is 5. The number of aliphatic imine (C=N–C) groups is 1. The highest BCUT2D eigenvalue weighted by atomic mass is 16.1. The fourth-order valence-electron chi connectivity index (χ4n) is 4.13. The van der Waals surface area contributed by atoms with E-state index >= 15 is 0 Å². The second-order valence-electron chi connectivity index (χ2n) is 7.99. The van der Waals surface area contributed by atoms with Crippen molar-refractivity contribution < 1.29 is 4.79 Å². The Labute approximate surface area is 171 Å². The first-order valence-electron chi connectivity index (χ1n) is 10.2. The first kappa shape index (κ1) is 19.5. The highest BCUT2D eigenvalue weighted by molar-refractivity contribution is 5.88. The van der Waals surface area contributed by atoms with Gasteiger partial charge in [-0.1, -0.05) is 0 Å². The number of fused-ring (bicyclic) bond motifs is 1. The van der Waals surface area contributed by atoms with Gasteiger partial charge in [0, 0.05) is 11.3 Å². The fourth-order valence-corrected chi connectivity index (χ4v) is 4.13. The molecule has 2 aromatic heterocycles. The maximum absolute atomic E-state index is 11.6. The summed E-state index contributed by atoms with van der Waals surface area (Å²) < 4.78 is 1.69. The monoisotopic (exact) mass is 389 g/mol. The van der Waals surface area contributed by atoms with Crippen LogP contribution in [0.25, 0.3) is 16.9 Å². The maximum atomic E-state index is 11.6. The molecule has 0 bridgehead atoms. The zero-order valence-corrected chi connectivity index (χ0v) is 17.5. The van der Waals surface area contributed by atoms with Gasteiger partial charge in [-0.15, -0.1) is 0 Å². The van der Waals surface area contributed by atoms with Gasteiger partial charge in [-0.2, -0.15) is 5.10 Å². The summed E-state index contributed by atoms with van der Waals surface area (Å²) in [6.07, 6.45) is 4.98. The van der Waals surface area contributed by atoms with Crippen LogP contribution in [0.3, 0.4) is 0 Å². The average molecular weight is 390 g/mol. The number of carbonyl (C=O) groups is 1. The fraction of sp³-hybridized carbons (Fsp3) is 0.391. The second kappa shape index (κ2) is 7.87. The molecule has 150 valence electrons. The Balaban J connectivity index is 1.73.